The lowest BCUT2D eigenvalue weighted by molar-refractivity contribution is -0.118. The maximum atomic E-state index is 13.3. The zero-order valence-corrected chi connectivity index (χ0v) is 21.5. The van der Waals surface area contributed by atoms with Gasteiger partial charge in [0.15, 0.2) is 17.9 Å². The number of hydrogen-bond donors (Lipinski definition) is 5. The highest BCUT2D eigenvalue weighted by Gasteiger charge is 2.23. The molecule has 6 N–H and O–H groups in total. The molecule has 1 atom stereocenters. The van der Waals surface area contributed by atoms with Crippen molar-refractivity contribution in [3.05, 3.63) is 88.6 Å². The number of carbonyl (C=O) groups excluding carboxylic acids is 4. The van der Waals surface area contributed by atoms with Crippen LogP contribution in [0.1, 0.15) is 65.9 Å². The zero-order valence-electron chi connectivity index (χ0n) is 21.5. The number of carboxylic acids is 1. The van der Waals surface area contributed by atoms with Gasteiger partial charge in [0, 0.05) is 6.54 Å². The fourth-order valence-electron chi connectivity index (χ4n) is 4.20. The first kappa shape index (κ1) is 26.8. The summed E-state index contributed by atoms with van der Waals surface area (Å²) in [7, 11) is 0. The van der Waals surface area contributed by atoms with E-state index in [0.29, 0.717) is 22.6 Å². The largest absolute Gasteiger partial charge is 0.482 e. The van der Waals surface area contributed by atoms with Gasteiger partial charge in [-0.2, -0.15) is 0 Å². The van der Waals surface area contributed by atoms with Crippen molar-refractivity contribution in [1.82, 2.24) is 25.0 Å². The molecule has 5 rings (SSSR count). The van der Waals surface area contributed by atoms with Gasteiger partial charge in [0.2, 0.25) is 0 Å². The van der Waals surface area contributed by atoms with E-state index in [-0.39, 0.29) is 47.4 Å². The van der Waals surface area contributed by atoms with Crippen LogP contribution in [-0.2, 0) is 11.3 Å². The van der Waals surface area contributed by atoms with Crippen LogP contribution >= 0.6 is 0 Å². The molecule has 0 saturated carbocycles. The molecule has 0 spiro atoms. The molecule has 1 aliphatic heterocycles. The predicted octanol–water partition coefficient (Wildman–Crippen LogP) is 1.28. The summed E-state index contributed by atoms with van der Waals surface area (Å²) in [5.74, 6) is -3.01. The van der Waals surface area contributed by atoms with E-state index in [1.165, 1.54) is 28.9 Å². The van der Waals surface area contributed by atoms with Crippen molar-refractivity contribution in [2.45, 2.75) is 19.5 Å². The van der Waals surface area contributed by atoms with Crippen LogP contribution in [0.15, 0.2) is 54.9 Å². The Balaban J connectivity index is 1.40. The Bertz CT molecular complexity index is 1730. The normalized spacial score (nSPS) is 13.0. The third-order valence-electron chi connectivity index (χ3n) is 6.34. The van der Waals surface area contributed by atoms with Crippen molar-refractivity contribution < 1.29 is 33.8 Å². The Morgan fingerprint density at radius 1 is 1.12 bits per heavy atom. The number of aromatic nitrogens is 3. The lowest BCUT2D eigenvalue weighted by Gasteiger charge is -2.21. The van der Waals surface area contributed by atoms with Crippen LogP contribution < -0.4 is 26.4 Å². The van der Waals surface area contributed by atoms with Crippen LogP contribution in [0.25, 0.3) is 5.65 Å². The Labute approximate surface area is 231 Å². The summed E-state index contributed by atoms with van der Waals surface area (Å²) in [5.41, 5.74) is 6.79. The quantitative estimate of drug-likeness (QED) is 0.211. The van der Waals surface area contributed by atoms with Gasteiger partial charge in [-0.15, -0.1) is 0 Å². The molecule has 2 aromatic carbocycles. The molecule has 0 unspecified atom stereocenters. The number of benzene rings is 2. The molecule has 0 radical (unpaired) electrons. The lowest BCUT2D eigenvalue weighted by Crippen LogP contribution is -2.30. The molecule has 0 aliphatic carbocycles. The monoisotopic (exact) mass is 557 g/mol. The van der Waals surface area contributed by atoms with E-state index in [4.69, 9.17) is 15.6 Å². The minimum Gasteiger partial charge on any atom is -0.482 e. The molecule has 4 aromatic rings. The third-order valence-corrected chi connectivity index (χ3v) is 6.34. The lowest BCUT2D eigenvalue weighted by atomic mass is 10.1. The Kier molecular flexibility index (Phi) is 7.04. The first-order chi connectivity index (χ1) is 19.6. The van der Waals surface area contributed by atoms with E-state index in [1.54, 1.807) is 37.3 Å². The van der Waals surface area contributed by atoms with Crippen molar-refractivity contribution in [2.75, 3.05) is 11.9 Å². The second-order valence-electron chi connectivity index (χ2n) is 9.15. The summed E-state index contributed by atoms with van der Waals surface area (Å²) in [6.07, 6.45) is 1.20. The van der Waals surface area contributed by atoms with Gasteiger partial charge in [-0.05, 0) is 48.4 Å². The molecule has 14 nitrogen and oxygen atoms in total. The van der Waals surface area contributed by atoms with Gasteiger partial charge >= 0.3 is 5.97 Å². The molecule has 3 heterocycles. The Morgan fingerprint density at radius 2 is 1.88 bits per heavy atom. The molecule has 14 heteroatoms. The van der Waals surface area contributed by atoms with Gasteiger partial charge < -0.3 is 31.5 Å². The molecule has 0 bridgehead atoms. The number of primary amides is 1. The van der Waals surface area contributed by atoms with E-state index in [9.17, 15) is 24.0 Å². The summed E-state index contributed by atoms with van der Waals surface area (Å²) in [4.78, 5) is 69.3. The van der Waals surface area contributed by atoms with Crippen molar-refractivity contribution in [3.8, 4) is 5.75 Å². The van der Waals surface area contributed by atoms with Crippen LogP contribution in [0, 0.1) is 0 Å². The molecule has 4 amide bonds. The third kappa shape index (κ3) is 5.52. The van der Waals surface area contributed by atoms with E-state index < -0.39 is 29.7 Å². The molecule has 41 heavy (non-hydrogen) atoms. The Hall–Kier alpha value is -5.79. The fraction of sp³-hybridized carbons (Fsp3) is 0.148. The molecule has 2 aromatic heterocycles. The second-order valence-corrected chi connectivity index (χ2v) is 9.15. The number of fused-ring (bicyclic) bond motifs is 2. The predicted molar refractivity (Wildman–Crippen MR) is 143 cm³/mol. The maximum Gasteiger partial charge on any atom is 0.335 e. The van der Waals surface area contributed by atoms with Crippen LogP contribution in [0.5, 0.6) is 5.75 Å². The molecule has 208 valence electrons. The summed E-state index contributed by atoms with van der Waals surface area (Å²) < 4.78 is 6.61. The number of carboxylic acid groups (broad SMARTS) is 1. The fourth-order valence-corrected chi connectivity index (χ4v) is 4.20. The highest BCUT2D eigenvalue weighted by molar-refractivity contribution is 6.02. The van der Waals surface area contributed by atoms with E-state index >= 15 is 0 Å². The highest BCUT2D eigenvalue weighted by Crippen LogP contribution is 2.30. The zero-order chi connectivity index (χ0) is 29.3. The van der Waals surface area contributed by atoms with Crippen molar-refractivity contribution in [3.63, 3.8) is 0 Å². The topological polar surface area (TPSA) is 207 Å². The van der Waals surface area contributed by atoms with Gasteiger partial charge in [-0.3, -0.25) is 23.6 Å². The maximum absolute atomic E-state index is 13.3. The summed E-state index contributed by atoms with van der Waals surface area (Å²) in [6, 6.07) is 11.8. The van der Waals surface area contributed by atoms with E-state index in [1.807, 2.05) is 0 Å². The number of anilines is 1. The number of nitrogens with zero attached hydrogens (tertiary/aromatic N) is 3. The number of carbonyl (C=O) groups is 5. The van der Waals surface area contributed by atoms with Gasteiger partial charge in [0.25, 0.3) is 23.6 Å². The number of amides is 4. The molecular formula is C27H23N7O7. The van der Waals surface area contributed by atoms with Crippen molar-refractivity contribution >= 4 is 40.9 Å². The first-order valence-corrected chi connectivity index (χ1v) is 12.3. The number of imidazole rings is 1. The molecule has 1 aliphatic rings. The minimum absolute atomic E-state index is 0.0383. The number of nitrogens with two attached hydrogens (primary N) is 1. The van der Waals surface area contributed by atoms with Crippen molar-refractivity contribution in [2.24, 2.45) is 5.73 Å². The molecule has 0 fully saturated rings. The van der Waals surface area contributed by atoms with Gasteiger partial charge in [-0.25, -0.2) is 14.8 Å². The van der Waals surface area contributed by atoms with Crippen LogP contribution in [0.2, 0.25) is 0 Å². The average molecular weight is 558 g/mol. The van der Waals surface area contributed by atoms with Crippen LogP contribution in [-0.4, -0.2) is 55.7 Å². The number of ether oxygens (including phenoxy) is 1. The summed E-state index contributed by atoms with van der Waals surface area (Å²) in [6.45, 7) is 1.69. The summed E-state index contributed by atoms with van der Waals surface area (Å²) in [5, 5.41) is 17.3. The number of nitrogens with one attached hydrogen (secondary N) is 3. The van der Waals surface area contributed by atoms with Gasteiger partial charge in [0.1, 0.15) is 23.5 Å². The number of aromatic carboxylic acids is 1. The van der Waals surface area contributed by atoms with Gasteiger partial charge in [-0.1, -0.05) is 18.2 Å². The summed E-state index contributed by atoms with van der Waals surface area (Å²) >= 11 is 0. The van der Waals surface area contributed by atoms with E-state index in [0.717, 1.165) is 0 Å². The SMILES string of the molecule is C[C@@H](NC(=O)c1cc(C(=O)NCc2ccc(C(=O)O)cc2)n2cnc(C(N)=O)c2n1)c1ccc2c(c1)NC(=O)CO2. The number of hydrogen-bond acceptors (Lipinski definition) is 8. The van der Waals surface area contributed by atoms with E-state index in [2.05, 4.69) is 25.9 Å². The number of rotatable bonds is 8. The average Bonchev–Trinajstić information content (AvgIpc) is 3.39. The standard InChI is InChI=1S/C27H23N7O7/c1-13(16-6-7-20-17(8-16)32-21(35)11-41-20)31-25(37)18-9-19(34-12-30-22(23(28)36)24(34)33-18)26(38)29-10-14-2-4-15(5-3-14)27(39)40/h2-9,12-13H,10-11H2,1H3,(H2,28,36)(H,29,38)(H,31,37)(H,32,35)(H,39,40)/t13-/m1/s1. The minimum atomic E-state index is -1.07. The molecular weight excluding hydrogens is 534 g/mol. The highest BCUT2D eigenvalue weighted by atomic mass is 16.5. The Morgan fingerprint density at radius 3 is 2.59 bits per heavy atom. The van der Waals surface area contributed by atoms with Crippen LogP contribution in [0.4, 0.5) is 5.69 Å². The molecule has 0 saturated heterocycles. The second kappa shape index (κ2) is 10.8. The van der Waals surface area contributed by atoms with Crippen molar-refractivity contribution in [1.29, 1.82) is 0 Å². The van der Waals surface area contributed by atoms with Crippen LogP contribution in [0.3, 0.4) is 0 Å². The van der Waals surface area contributed by atoms with Gasteiger partial charge in [0.05, 0.1) is 17.3 Å². The smallest absolute Gasteiger partial charge is 0.335 e. The first-order valence-electron chi connectivity index (χ1n) is 12.3.